The van der Waals surface area contributed by atoms with Crippen molar-refractivity contribution in [2.75, 3.05) is 0 Å². The molecular formula is C30H48O4. The maximum Gasteiger partial charge on any atom is 0.312 e. The second-order valence-corrected chi connectivity index (χ2v) is 15.2. The van der Waals surface area contributed by atoms with E-state index in [0.717, 1.165) is 44.9 Å². The number of aliphatic hydroxyl groups is 2. The molecular weight excluding hydrogens is 424 g/mol. The Kier molecular flexibility index (Phi) is 5.20. The van der Waals surface area contributed by atoms with Gasteiger partial charge in [-0.3, -0.25) is 4.79 Å². The molecule has 3 N–H and O–H groups in total. The lowest BCUT2D eigenvalue weighted by Gasteiger charge is -2.71. The van der Waals surface area contributed by atoms with Crippen molar-refractivity contribution in [1.29, 1.82) is 0 Å². The van der Waals surface area contributed by atoms with E-state index >= 15 is 0 Å². The third-order valence-electron chi connectivity index (χ3n) is 13.1. The lowest BCUT2D eigenvalue weighted by molar-refractivity contribution is -0.218. The average Bonchev–Trinajstić information content (AvgIpc) is 2.71. The highest BCUT2D eigenvalue weighted by atomic mass is 16.4. The molecule has 0 aromatic rings. The fourth-order valence-electron chi connectivity index (χ4n) is 10.7. The summed E-state index contributed by atoms with van der Waals surface area (Å²) in [5.41, 5.74) is 0.295. The lowest BCUT2D eigenvalue weighted by Crippen LogP contribution is -2.67. The molecule has 5 rings (SSSR count). The SMILES string of the molecule is CC1(C)CC[C@]2(C(=O)O)C(O)C[C@@]3(C)C(=CCC4C3(C)CCC3C(C)(C)C(O)CC[C@@]34C)C2C1. The van der Waals surface area contributed by atoms with Crippen LogP contribution >= 0.6 is 0 Å². The molecule has 4 fully saturated rings. The van der Waals surface area contributed by atoms with Crippen LogP contribution in [0.1, 0.15) is 106 Å². The molecule has 0 radical (unpaired) electrons. The van der Waals surface area contributed by atoms with Crippen molar-refractivity contribution in [3.63, 3.8) is 0 Å². The molecule has 0 aromatic heterocycles. The number of aliphatic hydroxyl groups excluding tert-OH is 2. The molecule has 0 amide bonds. The molecule has 0 aromatic carbocycles. The molecule has 0 bridgehead atoms. The first-order chi connectivity index (χ1) is 15.6. The van der Waals surface area contributed by atoms with Crippen molar-refractivity contribution in [1.82, 2.24) is 0 Å². The lowest BCUT2D eigenvalue weighted by atomic mass is 9.33. The Balaban J connectivity index is 1.63. The van der Waals surface area contributed by atoms with Crippen molar-refractivity contribution in [2.24, 2.45) is 50.2 Å². The average molecular weight is 473 g/mol. The molecule has 0 heterocycles. The van der Waals surface area contributed by atoms with Crippen molar-refractivity contribution in [3.8, 4) is 0 Å². The van der Waals surface area contributed by atoms with Crippen LogP contribution in [0.3, 0.4) is 0 Å². The van der Waals surface area contributed by atoms with Gasteiger partial charge in [-0.1, -0.05) is 60.1 Å². The first-order valence-electron chi connectivity index (χ1n) is 13.9. The van der Waals surface area contributed by atoms with Gasteiger partial charge in [-0.15, -0.1) is 0 Å². The number of rotatable bonds is 1. The second-order valence-electron chi connectivity index (χ2n) is 15.2. The van der Waals surface area contributed by atoms with E-state index in [1.54, 1.807) is 0 Å². The van der Waals surface area contributed by atoms with E-state index in [1.807, 2.05) is 0 Å². The van der Waals surface area contributed by atoms with Gasteiger partial charge in [0.05, 0.1) is 12.2 Å². The van der Waals surface area contributed by atoms with Crippen LogP contribution in [-0.2, 0) is 4.79 Å². The molecule has 34 heavy (non-hydrogen) atoms. The number of hydrogen-bond donors (Lipinski definition) is 3. The standard InChI is InChI=1S/C30H48O4/c1-25(2)14-15-30(24(33)34)19(16-25)18-8-9-21-27(5)12-11-22(31)26(3,4)20(27)10-13-28(21,6)29(18,7)17-23(30)32/h8,19-23,31-32H,9-17H2,1-7H3,(H,33,34)/t19?,20?,21?,22?,23?,27-,28?,29-,30+/m0/s1. The van der Waals surface area contributed by atoms with Crippen LogP contribution in [-0.4, -0.2) is 33.5 Å². The Morgan fingerprint density at radius 2 is 1.53 bits per heavy atom. The van der Waals surface area contributed by atoms with Gasteiger partial charge in [0, 0.05) is 0 Å². The highest BCUT2D eigenvalue weighted by molar-refractivity contribution is 5.77. The van der Waals surface area contributed by atoms with Gasteiger partial charge < -0.3 is 15.3 Å². The molecule has 6 unspecified atom stereocenters. The number of carboxylic acid groups (broad SMARTS) is 1. The quantitative estimate of drug-likeness (QED) is 0.397. The molecule has 0 aliphatic heterocycles. The predicted octanol–water partition coefficient (Wildman–Crippen LogP) is 6.20. The largest absolute Gasteiger partial charge is 0.481 e. The van der Waals surface area contributed by atoms with Crippen LogP contribution in [0.5, 0.6) is 0 Å². The summed E-state index contributed by atoms with van der Waals surface area (Å²) in [4.78, 5) is 12.8. The third kappa shape index (κ3) is 2.82. The zero-order valence-electron chi connectivity index (χ0n) is 22.6. The van der Waals surface area contributed by atoms with Gasteiger partial charge in [-0.05, 0) is 103 Å². The summed E-state index contributed by atoms with van der Waals surface area (Å²) in [5.74, 6) is 0.0888. The third-order valence-corrected chi connectivity index (χ3v) is 13.1. The number of carboxylic acids is 1. The summed E-state index contributed by atoms with van der Waals surface area (Å²) in [6, 6.07) is 0. The minimum atomic E-state index is -1.04. The van der Waals surface area contributed by atoms with Crippen LogP contribution in [0.4, 0.5) is 0 Å². The highest BCUT2D eigenvalue weighted by Crippen LogP contribution is 2.75. The smallest absolute Gasteiger partial charge is 0.312 e. The summed E-state index contributed by atoms with van der Waals surface area (Å²) < 4.78 is 0. The fourth-order valence-corrected chi connectivity index (χ4v) is 10.7. The van der Waals surface area contributed by atoms with E-state index < -0.39 is 17.5 Å². The van der Waals surface area contributed by atoms with Gasteiger partial charge in [0.15, 0.2) is 0 Å². The second kappa shape index (κ2) is 7.12. The van der Waals surface area contributed by atoms with Crippen LogP contribution in [0.25, 0.3) is 0 Å². The zero-order chi connectivity index (χ0) is 25.1. The van der Waals surface area contributed by atoms with Crippen molar-refractivity contribution >= 4 is 5.97 Å². The number of hydrogen-bond acceptors (Lipinski definition) is 3. The molecule has 4 heteroatoms. The van der Waals surface area contributed by atoms with Crippen LogP contribution in [0.2, 0.25) is 0 Å². The van der Waals surface area contributed by atoms with E-state index in [0.29, 0.717) is 24.7 Å². The highest BCUT2D eigenvalue weighted by Gasteiger charge is 2.71. The predicted molar refractivity (Wildman–Crippen MR) is 134 cm³/mol. The Morgan fingerprint density at radius 1 is 0.853 bits per heavy atom. The normalized spacial score (nSPS) is 53.4. The Hall–Kier alpha value is -0.870. The Bertz CT molecular complexity index is 919. The number of carbonyl (C=O) groups is 1. The van der Waals surface area contributed by atoms with Gasteiger partial charge in [-0.2, -0.15) is 0 Å². The Labute approximate surface area is 206 Å². The van der Waals surface area contributed by atoms with E-state index in [1.165, 1.54) is 5.57 Å². The van der Waals surface area contributed by atoms with E-state index in [9.17, 15) is 20.1 Å². The van der Waals surface area contributed by atoms with Crippen LogP contribution in [0, 0.1) is 50.2 Å². The van der Waals surface area contributed by atoms with Crippen LogP contribution in [0.15, 0.2) is 11.6 Å². The molecule has 4 nitrogen and oxygen atoms in total. The number of aliphatic carboxylic acids is 1. The minimum Gasteiger partial charge on any atom is -0.481 e. The first-order valence-corrected chi connectivity index (χ1v) is 13.9. The van der Waals surface area contributed by atoms with Gasteiger partial charge in [-0.25, -0.2) is 0 Å². The van der Waals surface area contributed by atoms with Gasteiger partial charge >= 0.3 is 5.97 Å². The molecule has 5 aliphatic carbocycles. The number of allylic oxidation sites excluding steroid dienone is 2. The van der Waals surface area contributed by atoms with Gasteiger partial charge in [0.2, 0.25) is 0 Å². The maximum atomic E-state index is 12.8. The molecule has 5 aliphatic rings. The van der Waals surface area contributed by atoms with Gasteiger partial charge in [0.1, 0.15) is 5.41 Å². The van der Waals surface area contributed by atoms with Gasteiger partial charge in [0.25, 0.3) is 0 Å². The zero-order valence-corrected chi connectivity index (χ0v) is 22.6. The van der Waals surface area contributed by atoms with Crippen molar-refractivity contribution in [2.45, 2.75) is 118 Å². The fraction of sp³-hybridized carbons (Fsp3) is 0.900. The minimum absolute atomic E-state index is 0.0218. The number of fused-ring (bicyclic) bond motifs is 7. The topological polar surface area (TPSA) is 77.8 Å². The van der Waals surface area contributed by atoms with Crippen molar-refractivity contribution in [3.05, 3.63) is 11.6 Å². The molecule has 192 valence electrons. The molecule has 4 saturated carbocycles. The first kappa shape index (κ1) is 24.8. The Morgan fingerprint density at radius 3 is 2.18 bits per heavy atom. The summed E-state index contributed by atoms with van der Waals surface area (Å²) in [6.07, 6.45) is 9.35. The molecule has 0 saturated heterocycles. The molecule has 9 atom stereocenters. The summed E-state index contributed by atoms with van der Waals surface area (Å²) in [7, 11) is 0. The summed E-state index contributed by atoms with van der Waals surface area (Å²) in [5, 5.41) is 33.1. The molecule has 0 spiro atoms. The summed E-state index contributed by atoms with van der Waals surface area (Å²) in [6.45, 7) is 16.4. The maximum absolute atomic E-state index is 12.8. The van der Waals surface area contributed by atoms with E-state index in [2.05, 4.69) is 54.5 Å². The van der Waals surface area contributed by atoms with E-state index in [4.69, 9.17) is 0 Å². The van der Waals surface area contributed by atoms with Crippen molar-refractivity contribution < 1.29 is 20.1 Å². The summed E-state index contributed by atoms with van der Waals surface area (Å²) >= 11 is 0. The van der Waals surface area contributed by atoms with Crippen LogP contribution < -0.4 is 0 Å². The monoisotopic (exact) mass is 472 g/mol. The van der Waals surface area contributed by atoms with E-state index in [-0.39, 0.29) is 39.1 Å².